The molecule has 0 spiro atoms. The highest BCUT2D eigenvalue weighted by Crippen LogP contribution is 2.18. The SMILES string of the molecule is Cc1nc(OCCNC(=O)c2cccc(N(C)C)c2)cc(N2CCOCC2)n1. The molecule has 1 fully saturated rings. The van der Waals surface area contributed by atoms with Gasteiger partial charge in [0.05, 0.1) is 19.8 Å². The zero-order valence-electron chi connectivity index (χ0n) is 16.6. The maximum atomic E-state index is 12.3. The second kappa shape index (κ2) is 9.36. The average Bonchev–Trinajstić information content (AvgIpc) is 2.71. The number of hydrogen-bond donors (Lipinski definition) is 1. The number of morpholine rings is 1. The van der Waals surface area contributed by atoms with Crippen molar-refractivity contribution in [3.63, 3.8) is 0 Å². The van der Waals surface area contributed by atoms with E-state index in [2.05, 4.69) is 20.2 Å². The van der Waals surface area contributed by atoms with Gasteiger partial charge < -0.3 is 24.6 Å². The van der Waals surface area contributed by atoms with Gasteiger partial charge in [0.25, 0.3) is 5.91 Å². The van der Waals surface area contributed by atoms with Gasteiger partial charge in [-0.25, -0.2) is 4.98 Å². The molecule has 1 amide bonds. The molecule has 1 aromatic carbocycles. The van der Waals surface area contributed by atoms with Crippen LogP contribution in [-0.4, -0.2) is 69.4 Å². The number of hydrogen-bond acceptors (Lipinski definition) is 7. The normalized spacial score (nSPS) is 13.9. The van der Waals surface area contributed by atoms with Gasteiger partial charge in [-0.1, -0.05) is 6.07 Å². The van der Waals surface area contributed by atoms with Crippen molar-refractivity contribution in [1.82, 2.24) is 15.3 Å². The first-order chi connectivity index (χ1) is 13.5. The van der Waals surface area contributed by atoms with Crippen LogP contribution in [0.3, 0.4) is 0 Å². The van der Waals surface area contributed by atoms with Crippen LogP contribution in [0.15, 0.2) is 30.3 Å². The molecule has 8 nitrogen and oxygen atoms in total. The molecule has 1 aromatic heterocycles. The molecule has 0 radical (unpaired) electrons. The van der Waals surface area contributed by atoms with Crippen LogP contribution in [0.25, 0.3) is 0 Å². The molecule has 1 saturated heterocycles. The van der Waals surface area contributed by atoms with E-state index in [9.17, 15) is 4.79 Å². The van der Waals surface area contributed by atoms with E-state index in [-0.39, 0.29) is 5.91 Å². The third-order valence-corrected chi connectivity index (χ3v) is 4.40. The molecule has 2 aromatic rings. The summed E-state index contributed by atoms with van der Waals surface area (Å²) in [6, 6.07) is 9.33. The number of amides is 1. The highest BCUT2D eigenvalue weighted by atomic mass is 16.5. The molecule has 0 saturated carbocycles. The average molecular weight is 385 g/mol. The van der Waals surface area contributed by atoms with Crippen molar-refractivity contribution < 1.29 is 14.3 Å². The summed E-state index contributed by atoms with van der Waals surface area (Å²) in [7, 11) is 3.89. The first kappa shape index (κ1) is 19.9. The highest BCUT2D eigenvalue weighted by Gasteiger charge is 2.14. The minimum Gasteiger partial charge on any atom is -0.476 e. The summed E-state index contributed by atoms with van der Waals surface area (Å²) in [5.41, 5.74) is 1.61. The Bertz CT molecular complexity index is 806. The molecule has 150 valence electrons. The molecule has 1 N–H and O–H groups in total. The first-order valence-electron chi connectivity index (χ1n) is 9.40. The first-order valence-corrected chi connectivity index (χ1v) is 9.40. The molecule has 8 heteroatoms. The summed E-state index contributed by atoms with van der Waals surface area (Å²) < 4.78 is 11.1. The number of carbonyl (C=O) groups is 1. The molecule has 1 aliphatic heterocycles. The van der Waals surface area contributed by atoms with E-state index in [1.54, 1.807) is 6.07 Å². The fourth-order valence-corrected chi connectivity index (χ4v) is 2.90. The highest BCUT2D eigenvalue weighted by molar-refractivity contribution is 5.95. The molecule has 1 aliphatic rings. The number of aryl methyl sites for hydroxylation is 1. The fraction of sp³-hybridized carbons (Fsp3) is 0.450. The molecule has 3 rings (SSSR count). The van der Waals surface area contributed by atoms with Crippen LogP contribution in [0, 0.1) is 6.92 Å². The number of nitrogens with zero attached hydrogens (tertiary/aromatic N) is 4. The molecule has 0 bridgehead atoms. The maximum absolute atomic E-state index is 12.3. The fourth-order valence-electron chi connectivity index (χ4n) is 2.90. The number of benzene rings is 1. The van der Waals surface area contributed by atoms with Crippen LogP contribution in [0.5, 0.6) is 5.88 Å². The summed E-state index contributed by atoms with van der Waals surface area (Å²) in [6.45, 7) is 5.56. The Hall–Kier alpha value is -2.87. The summed E-state index contributed by atoms with van der Waals surface area (Å²) in [4.78, 5) is 25.2. The predicted octanol–water partition coefficient (Wildman–Crippen LogP) is 1.50. The second-order valence-corrected chi connectivity index (χ2v) is 6.76. The standard InChI is InChI=1S/C20H27N5O3/c1-15-22-18(25-8-11-27-12-9-25)14-19(23-15)28-10-7-21-20(26)16-5-4-6-17(13-16)24(2)3/h4-6,13-14H,7-12H2,1-3H3,(H,21,26). The molecule has 2 heterocycles. The monoisotopic (exact) mass is 385 g/mol. The number of aromatic nitrogens is 2. The van der Waals surface area contributed by atoms with E-state index < -0.39 is 0 Å². The van der Waals surface area contributed by atoms with E-state index in [0.29, 0.717) is 43.6 Å². The Kier molecular flexibility index (Phi) is 6.65. The van der Waals surface area contributed by atoms with E-state index in [1.165, 1.54) is 0 Å². The van der Waals surface area contributed by atoms with Crippen LogP contribution in [0.2, 0.25) is 0 Å². The minimum atomic E-state index is -0.125. The summed E-state index contributed by atoms with van der Waals surface area (Å²) >= 11 is 0. The van der Waals surface area contributed by atoms with Gasteiger partial charge in [-0.3, -0.25) is 4.79 Å². The van der Waals surface area contributed by atoms with Gasteiger partial charge in [0.2, 0.25) is 5.88 Å². The van der Waals surface area contributed by atoms with E-state index in [0.717, 1.165) is 24.6 Å². The largest absolute Gasteiger partial charge is 0.476 e. The van der Waals surface area contributed by atoms with Gasteiger partial charge in [-0.2, -0.15) is 4.98 Å². The number of ether oxygens (including phenoxy) is 2. The van der Waals surface area contributed by atoms with Crippen LogP contribution in [0.1, 0.15) is 16.2 Å². The Morgan fingerprint density at radius 1 is 1.25 bits per heavy atom. The number of nitrogens with one attached hydrogen (secondary N) is 1. The number of rotatable bonds is 7. The quantitative estimate of drug-likeness (QED) is 0.724. The van der Waals surface area contributed by atoms with Crippen molar-refractivity contribution in [3.05, 3.63) is 41.7 Å². The van der Waals surface area contributed by atoms with Crippen molar-refractivity contribution in [2.75, 3.05) is 63.4 Å². The summed E-state index contributed by atoms with van der Waals surface area (Å²) in [5, 5.41) is 2.88. The summed E-state index contributed by atoms with van der Waals surface area (Å²) in [5.74, 6) is 1.89. The molecule has 0 atom stereocenters. The Balaban J connectivity index is 1.51. The van der Waals surface area contributed by atoms with Crippen LogP contribution in [-0.2, 0) is 4.74 Å². The van der Waals surface area contributed by atoms with Gasteiger partial charge >= 0.3 is 0 Å². The van der Waals surface area contributed by atoms with E-state index in [1.807, 2.05) is 50.2 Å². The van der Waals surface area contributed by atoms with Crippen molar-refractivity contribution in [2.45, 2.75) is 6.92 Å². The lowest BCUT2D eigenvalue weighted by molar-refractivity contribution is 0.0946. The van der Waals surface area contributed by atoms with Gasteiger partial charge in [-0.15, -0.1) is 0 Å². The number of anilines is 2. The maximum Gasteiger partial charge on any atom is 0.251 e. The lowest BCUT2D eigenvalue weighted by Crippen LogP contribution is -2.37. The van der Waals surface area contributed by atoms with E-state index in [4.69, 9.17) is 9.47 Å². The van der Waals surface area contributed by atoms with Crippen molar-refractivity contribution in [3.8, 4) is 5.88 Å². The number of carbonyl (C=O) groups excluding carboxylic acids is 1. The van der Waals surface area contributed by atoms with Crippen LogP contribution >= 0.6 is 0 Å². The Labute approximate surface area is 165 Å². The predicted molar refractivity (Wildman–Crippen MR) is 108 cm³/mol. The minimum absolute atomic E-state index is 0.125. The zero-order valence-corrected chi connectivity index (χ0v) is 16.6. The van der Waals surface area contributed by atoms with E-state index >= 15 is 0 Å². The van der Waals surface area contributed by atoms with Crippen LogP contribution in [0.4, 0.5) is 11.5 Å². The van der Waals surface area contributed by atoms with Gasteiger partial charge in [0.1, 0.15) is 18.2 Å². The molecule has 0 unspecified atom stereocenters. The zero-order chi connectivity index (χ0) is 19.9. The smallest absolute Gasteiger partial charge is 0.251 e. The lowest BCUT2D eigenvalue weighted by atomic mass is 10.2. The van der Waals surface area contributed by atoms with Crippen molar-refractivity contribution >= 4 is 17.4 Å². The van der Waals surface area contributed by atoms with Gasteiger partial charge in [-0.05, 0) is 25.1 Å². The third kappa shape index (κ3) is 5.32. The van der Waals surface area contributed by atoms with Crippen molar-refractivity contribution in [1.29, 1.82) is 0 Å². The van der Waals surface area contributed by atoms with Crippen molar-refractivity contribution in [2.24, 2.45) is 0 Å². The lowest BCUT2D eigenvalue weighted by Gasteiger charge is -2.28. The third-order valence-electron chi connectivity index (χ3n) is 4.40. The molecule has 0 aliphatic carbocycles. The molecule has 28 heavy (non-hydrogen) atoms. The van der Waals surface area contributed by atoms with Crippen LogP contribution < -0.4 is 19.9 Å². The topological polar surface area (TPSA) is 79.8 Å². The molecular formula is C20H27N5O3. The Morgan fingerprint density at radius 3 is 2.79 bits per heavy atom. The summed E-state index contributed by atoms with van der Waals surface area (Å²) in [6.07, 6.45) is 0. The van der Waals surface area contributed by atoms with Gasteiger partial charge in [0, 0.05) is 44.5 Å². The van der Waals surface area contributed by atoms with Gasteiger partial charge in [0.15, 0.2) is 0 Å². The Morgan fingerprint density at radius 2 is 2.04 bits per heavy atom. The molecular weight excluding hydrogens is 358 g/mol. The second-order valence-electron chi connectivity index (χ2n) is 6.76.